The molecule has 1 fully saturated rings. The van der Waals surface area contributed by atoms with Crippen LogP contribution in [0, 0.1) is 16.7 Å². The summed E-state index contributed by atoms with van der Waals surface area (Å²) in [7, 11) is 0. The van der Waals surface area contributed by atoms with E-state index in [0.717, 1.165) is 11.5 Å². The minimum Gasteiger partial charge on any atom is -0.382 e. The van der Waals surface area contributed by atoms with E-state index in [9.17, 15) is 0 Å². The summed E-state index contributed by atoms with van der Waals surface area (Å²) >= 11 is 1.26. The van der Waals surface area contributed by atoms with Gasteiger partial charge >= 0.3 is 0 Å². The Morgan fingerprint density at radius 2 is 2.43 bits per heavy atom. The summed E-state index contributed by atoms with van der Waals surface area (Å²) < 4.78 is 3.94. The Morgan fingerprint density at radius 3 is 3.00 bits per heavy atom. The third-order valence-corrected chi connectivity index (χ3v) is 3.43. The third kappa shape index (κ3) is 1.66. The maximum absolute atomic E-state index is 8.83. The van der Waals surface area contributed by atoms with Gasteiger partial charge in [0, 0.05) is 6.54 Å². The number of hydrogen-bond donors (Lipinski definition) is 2. The largest absolute Gasteiger partial charge is 0.382 e. The summed E-state index contributed by atoms with van der Waals surface area (Å²) in [5.41, 5.74) is 6.45. The first kappa shape index (κ1) is 9.28. The zero-order valence-electron chi connectivity index (χ0n) is 8.00. The first-order chi connectivity index (χ1) is 6.64. The minimum atomic E-state index is 0.334. The van der Waals surface area contributed by atoms with Crippen LogP contribution in [0.1, 0.15) is 25.3 Å². The summed E-state index contributed by atoms with van der Waals surface area (Å²) in [5.74, 6) is 0.334. The zero-order valence-corrected chi connectivity index (χ0v) is 8.82. The van der Waals surface area contributed by atoms with Gasteiger partial charge in [0.15, 0.2) is 5.82 Å². The standard InChI is InChI=1S/C9H12N4S/c1-9(2-3-9)5-12-8-6(4-10)7(11)13-14-8/h12H,2-3,5H2,1H3,(H2,11,13). The van der Waals surface area contributed by atoms with E-state index in [1.165, 1.54) is 24.4 Å². The Kier molecular flexibility index (Phi) is 2.08. The first-order valence-electron chi connectivity index (χ1n) is 4.54. The van der Waals surface area contributed by atoms with Gasteiger partial charge in [-0.3, -0.25) is 0 Å². The summed E-state index contributed by atoms with van der Waals surface area (Å²) in [6.07, 6.45) is 2.52. The zero-order chi connectivity index (χ0) is 10.2. The highest BCUT2D eigenvalue weighted by Crippen LogP contribution is 2.45. The van der Waals surface area contributed by atoms with Gasteiger partial charge in [-0.2, -0.15) is 9.64 Å². The fourth-order valence-electron chi connectivity index (χ4n) is 1.21. The molecule has 0 amide bonds. The number of nitrogens with two attached hydrogens (primary N) is 1. The lowest BCUT2D eigenvalue weighted by Crippen LogP contribution is -2.11. The van der Waals surface area contributed by atoms with Crippen LogP contribution < -0.4 is 11.1 Å². The molecule has 1 aromatic heterocycles. The predicted octanol–water partition coefficient (Wildman–Crippen LogP) is 1.81. The number of nitrogens with one attached hydrogen (secondary N) is 1. The van der Waals surface area contributed by atoms with Gasteiger partial charge in [-0.1, -0.05) is 6.92 Å². The summed E-state index contributed by atoms with van der Waals surface area (Å²) in [5, 5.41) is 12.9. The maximum Gasteiger partial charge on any atom is 0.157 e. The third-order valence-electron chi connectivity index (χ3n) is 2.61. The summed E-state index contributed by atoms with van der Waals surface area (Å²) in [6, 6.07) is 2.06. The molecule has 0 aliphatic heterocycles. The molecule has 4 nitrogen and oxygen atoms in total. The van der Waals surface area contributed by atoms with Gasteiger partial charge in [0.25, 0.3) is 0 Å². The van der Waals surface area contributed by atoms with Crippen molar-refractivity contribution < 1.29 is 0 Å². The van der Waals surface area contributed by atoms with Crippen molar-refractivity contribution >= 4 is 22.4 Å². The topological polar surface area (TPSA) is 74.7 Å². The molecule has 0 aromatic carbocycles. The van der Waals surface area contributed by atoms with E-state index >= 15 is 0 Å². The van der Waals surface area contributed by atoms with Crippen LogP contribution in [0.3, 0.4) is 0 Å². The number of nitrogen functional groups attached to an aromatic ring is 1. The lowest BCUT2D eigenvalue weighted by molar-refractivity contribution is 0.611. The van der Waals surface area contributed by atoms with Crippen molar-refractivity contribution in [2.75, 3.05) is 17.6 Å². The molecule has 1 aliphatic rings. The highest BCUT2D eigenvalue weighted by molar-refractivity contribution is 7.10. The normalized spacial score (nSPS) is 17.4. The van der Waals surface area contributed by atoms with Crippen molar-refractivity contribution in [1.82, 2.24) is 4.37 Å². The van der Waals surface area contributed by atoms with Crippen molar-refractivity contribution in [3.63, 3.8) is 0 Å². The van der Waals surface area contributed by atoms with E-state index in [1.807, 2.05) is 0 Å². The molecular weight excluding hydrogens is 196 g/mol. The Balaban J connectivity index is 2.06. The lowest BCUT2D eigenvalue weighted by atomic mass is 10.1. The van der Waals surface area contributed by atoms with E-state index in [2.05, 4.69) is 22.7 Å². The number of aromatic nitrogens is 1. The van der Waals surface area contributed by atoms with E-state index < -0.39 is 0 Å². The molecule has 1 aromatic rings. The van der Waals surface area contributed by atoms with Crippen LogP contribution in [0.5, 0.6) is 0 Å². The molecule has 1 aliphatic carbocycles. The molecule has 0 atom stereocenters. The smallest absolute Gasteiger partial charge is 0.157 e. The van der Waals surface area contributed by atoms with E-state index in [4.69, 9.17) is 11.0 Å². The molecule has 14 heavy (non-hydrogen) atoms. The van der Waals surface area contributed by atoms with Crippen molar-refractivity contribution in [3.8, 4) is 6.07 Å². The number of hydrogen-bond acceptors (Lipinski definition) is 5. The van der Waals surface area contributed by atoms with E-state index in [-0.39, 0.29) is 0 Å². The van der Waals surface area contributed by atoms with Gasteiger partial charge in [0.1, 0.15) is 16.6 Å². The molecule has 1 saturated carbocycles. The molecule has 0 bridgehead atoms. The molecule has 0 saturated heterocycles. The van der Waals surface area contributed by atoms with Crippen molar-refractivity contribution in [1.29, 1.82) is 5.26 Å². The number of rotatable bonds is 3. The molecule has 3 N–H and O–H groups in total. The Labute approximate surface area is 86.9 Å². The number of nitriles is 1. The highest BCUT2D eigenvalue weighted by Gasteiger charge is 2.37. The first-order valence-corrected chi connectivity index (χ1v) is 5.31. The Bertz CT molecular complexity index is 386. The quantitative estimate of drug-likeness (QED) is 0.794. The molecule has 0 radical (unpaired) electrons. The lowest BCUT2D eigenvalue weighted by Gasteiger charge is -2.08. The van der Waals surface area contributed by atoms with Crippen molar-refractivity contribution in [2.24, 2.45) is 5.41 Å². The SMILES string of the molecule is CC1(CNc2snc(N)c2C#N)CC1. The van der Waals surface area contributed by atoms with Gasteiger partial charge in [-0.05, 0) is 29.8 Å². The monoisotopic (exact) mass is 208 g/mol. The van der Waals surface area contributed by atoms with Gasteiger partial charge < -0.3 is 11.1 Å². The molecular formula is C9H12N4S. The van der Waals surface area contributed by atoms with E-state index in [0.29, 0.717) is 16.8 Å². The van der Waals surface area contributed by atoms with Crippen LogP contribution in [-0.2, 0) is 0 Å². The number of nitrogens with zero attached hydrogens (tertiary/aromatic N) is 2. The highest BCUT2D eigenvalue weighted by atomic mass is 32.1. The fourth-order valence-corrected chi connectivity index (χ4v) is 1.87. The molecule has 74 valence electrons. The van der Waals surface area contributed by atoms with Crippen LogP contribution in [-0.4, -0.2) is 10.9 Å². The van der Waals surface area contributed by atoms with Gasteiger partial charge in [-0.15, -0.1) is 0 Å². The second-order valence-electron chi connectivity index (χ2n) is 4.05. The minimum absolute atomic E-state index is 0.334. The molecule has 1 heterocycles. The van der Waals surface area contributed by atoms with Crippen LogP contribution in [0.25, 0.3) is 0 Å². The second kappa shape index (κ2) is 3.14. The molecule has 0 spiro atoms. The van der Waals surface area contributed by atoms with Gasteiger partial charge in [0.2, 0.25) is 0 Å². The van der Waals surface area contributed by atoms with Crippen LogP contribution in [0.4, 0.5) is 10.8 Å². The Hall–Kier alpha value is -1.28. The number of anilines is 2. The Morgan fingerprint density at radius 1 is 1.71 bits per heavy atom. The van der Waals surface area contributed by atoms with Crippen molar-refractivity contribution in [2.45, 2.75) is 19.8 Å². The van der Waals surface area contributed by atoms with E-state index in [1.54, 1.807) is 0 Å². The predicted molar refractivity (Wildman–Crippen MR) is 57.1 cm³/mol. The molecule has 5 heteroatoms. The summed E-state index contributed by atoms with van der Waals surface area (Å²) in [4.78, 5) is 0. The average Bonchev–Trinajstić information content (AvgIpc) is 2.78. The average molecular weight is 208 g/mol. The van der Waals surface area contributed by atoms with Gasteiger partial charge in [0.05, 0.1) is 0 Å². The molecule has 0 unspecified atom stereocenters. The summed E-state index contributed by atoms with van der Waals surface area (Å²) in [6.45, 7) is 3.14. The van der Waals surface area contributed by atoms with Crippen LogP contribution >= 0.6 is 11.5 Å². The van der Waals surface area contributed by atoms with Crippen molar-refractivity contribution in [3.05, 3.63) is 5.56 Å². The molecule has 2 rings (SSSR count). The fraction of sp³-hybridized carbons (Fsp3) is 0.556. The second-order valence-corrected chi connectivity index (χ2v) is 4.82. The van der Waals surface area contributed by atoms with Gasteiger partial charge in [-0.25, -0.2) is 0 Å². The van der Waals surface area contributed by atoms with Crippen LogP contribution in [0.15, 0.2) is 0 Å². The van der Waals surface area contributed by atoms with Crippen LogP contribution in [0.2, 0.25) is 0 Å². The maximum atomic E-state index is 8.83.